The van der Waals surface area contributed by atoms with Crippen molar-refractivity contribution in [1.29, 1.82) is 0 Å². The number of ketones is 1. The van der Waals surface area contributed by atoms with Gasteiger partial charge in [0.2, 0.25) is 5.91 Å². The van der Waals surface area contributed by atoms with Crippen LogP contribution in [0.3, 0.4) is 0 Å². The Kier molecular flexibility index (Phi) is 3.98. The van der Waals surface area contributed by atoms with Crippen molar-refractivity contribution in [3.05, 3.63) is 53.6 Å². The molecule has 2 fully saturated rings. The number of carbonyl (C=O) groups excluding carboxylic acids is 2. The molecule has 3 heteroatoms. The second-order valence-corrected chi connectivity index (χ2v) is 7.74. The van der Waals surface area contributed by atoms with Crippen molar-refractivity contribution in [1.82, 2.24) is 5.32 Å². The van der Waals surface area contributed by atoms with E-state index in [0.29, 0.717) is 18.2 Å². The predicted octanol–water partition coefficient (Wildman–Crippen LogP) is 3.90. The normalized spacial score (nSPS) is 29.0. The number of allylic oxidation sites excluding steroid dienone is 1. The molecule has 2 bridgehead atoms. The van der Waals surface area contributed by atoms with Gasteiger partial charge in [0, 0.05) is 12.0 Å². The van der Waals surface area contributed by atoms with E-state index in [0.717, 1.165) is 29.5 Å². The van der Waals surface area contributed by atoms with E-state index in [-0.39, 0.29) is 16.7 Å². The first-order valence-corrected chi connectivity index (χ1v) is 8.55. The number of carbonyl (C=O) groups is 2. The second kappa shape index (κ2) is 5.73. The van der Waals surface area contributed by atoms with Crippen LogP contribution in [0.25, 0.3) is 6.08 Å². The zero-order chi connectivity index (χ0) is 17.5. The van der Waals surface area contributed by atoms with Crippen LogP contribution >= 0.6 is 0 Å². The Morgan fingerprint density at radius 2 is 2.12 bits per heavy atom. The molecule has 24 heavy (non-hydrogen) atoms. The van der Waals surface area contributed by atoms with Crippen molar-refractivity contribution >= 4 is 17.8 Å². The van der Waals surface area contributed by atoms with Gasteiger partial charge in [-0.05, 0) is 59.1 Å². The minimum absolute atomic E-state index is 0.0332. The van der Waals surface area contributed by atoms with E-state index < -0.39 is 0 Å². The van der Waals surface area contributed by atoms with E-state index >= 15 is 0 Å². The quantitative estimate of drug-likeness (QED) is 0.854. The lowest BCUT2D eigenvalue weighted by molar-refractivity contribution is -0.125. The molecule has 2 atom stereocenters. The van der Waals surface area contributed by atoms with E-state index in [2.05, 4.69) is 38.7 Å². The Morgan fingerprint density at radius 3 is 2.75 bits per heavy atom. The fraction of sp³-hybridized carbons (Fsp3) is 0.429. The number of Topliss-reactive ketones (excluding diaryl/α,β-unsaturated/α-hetero) is 1. The van der Waals surface area contributed by atoms with Crippen LogP contribution in [0.4, 0.5) is 0 Å². The Hall–Kier alpha value is -2.16. The molecular weight excluding hydrogens is 298 g/mol. The van der Waals surface area contributed by atoms with Gasteiger partial charge in [-0.2, -0.15) is 0 Å². The summed E-state index contributed by atoms with van der Waals surface area (Å²) in [6, 6.07) is 7.98. The maximum Gasteiger partial charge on any atom is 0.243 e. The molecule has 1 amide bonds. The highest BCUT2D eigenvalue weighted by Crippen LogP contribution is 2.65. The number of hydrogen-bond acceptors (Lipinski definition) is 2. The van der Waals surface area contributed by atoms with Gasteiger partial charge in [0.15, 0.2) is 5.78 Å². The summed E-state index contributed by atoms with van der Waals surface area (Å²) in [4.78, 5) is 24.2. The van der Waals surface area contributed by atoms with E-state index in [9.17, 15) is 9.59 Å². The minimum atomic E-state index is -0.223. The van der Waals surface area contributed by atoms with Crippen LogP contribution in [-0.4, -0.2) is 11.7 Å². The van der Waals surface area contributed by atoms with Crippen molar-refractivity contribution in [2.75, 3.05) is 0 Å². The lowest BCUT2D eigenvalue weighted by Crippen LogP contribution is -2.32. The Morgan fingerprint density at radius 1 is 1.38 bits per heavy atom. The fourth-order valence-electron chi connectivity index (χ4n) is 4.33. The van der Waals surface area contributed by atoms with Gasteiger partial charge < -0.3 is 5.32 Å². The number of hydrogen-bond donors (Lipinski definition) is 1. The average molecular weight is 323 g/mol. The highest BCUT2D eigenvalue weighted by Gasteiger charge is 2.63. The third-order valence-corrected chi connectivity index (χ3v) is 6.29. The SMILES string of the molecule is C=CC(=O)NCc1cccc(C=C2C(=O)C3(C)CCC2C3(C)C)c1. The first-order chi connectivity index (χ1) is 11.3. The summed E-state index contributed by atoms with van der Waals surface area (Å²) in [5.74, 6) is 0.477. The monoisotopic (exact) mass is 323 g/mol. The van der Waals surface area contributed by atoms with Crippen LogP contribution in [0, 0.1) is 16.7 Å². The Bertz CT molecular complexity index is 744. The maximum absolute atomic E-state index is 12.9. The lowest BCUT2D eigenvalue weighted by Gasteiger charge is -2.31. The van der Waals surface area contributed by atoms with Gasteiger partial charge in [-0.25, -0.2) is 0 Å². The molecule has 1 N–H and O–H groups in total. The third kappa shape index (κ3) is 2.43. The van der Waals surface area contributed by atoms with Crippen molar-refractivity contribution < 1.29 is 9.59 Å². The smallest absolute Gasteiger partial charge is 0.243 e. The highest BCUT2D eigenvalue weighted by atomic mass is 16.1. The molecule has 2 aliphatic carbocycles. The van der Waals surface area contributed by atoms with Crippen molar-refractivity contribution in [2.24, 2.45) is 16.7 Å². The van der Waals surface area contributed by atoms with Crippen LogP contribution < -0.4 is 5.32 Å². The highest BCUT2D eigenvalue weighted by molar-refractivity contribution is 6.07. The van der Waals surface area contributed by atoms with E-state index in [1.807, 2.05) is 24.3 Å². The second-order valence-electron chi connectivity index (χ2n) is 7.74. The largest absolute Gasteiger partial charge is 0.348 e. The summed E-state index contributed by atoms with van der Waals surface area (Å²) in [5, 5.41) is 2.78. The molecule has 126 valence electrons. The van der Waals surface area contributed by atoms with Gasteiger partial charge in [-0.1, -0.05) is 45.5 Å². The van der Waals surface area contributed by atoms with Crippen LogP contribution in [0.15, 0.2) is 42.5 Å². The molecule has 1 aromatic rings. The van der Waals surface area contributed by atoms with Crippen LogP contribution in [0.1, 0.15) is 44.7 Å². The molecule has 2 unspecified atom stereocenters. The van der Waals surface area contributed by atoms with Crippen LogP contribution in [-0.2, 0) is 16.1 Å². The zero-order valence-corrected chi connectivity index (χ0v) is 14.7. The molecule has 2 saturated carbocycles. The molecule has 0 spiro atoms. The lowest BCUT2D eigenvalue weighted by atomic mass is 9.70. The summed E-state index contributed by atoms with van der Waals surface area (Å²) in [6.07, 6.45) is 5.41. The summed E-state index contributed by atoms with van der Waals surface area (Å²) in [6.45, 7) is 10.5. The molecule has 0 radical (unpaired) electrons. The van der Waals surface area contributed by atoms with Gasteiger partial charge >= 0.3 is 0 Å². The molecule has 0 aliphatic heterocycles. The van der Waals surface area contributed by atoms with Gasteiger partial charge in [0.1, 0.15) is 0 Å². The van der Waals surface area contributed by atoms with Gasteiger partial charge in [0.25, 0.3) is 0 Å². The van der Waals surface area contributed by atoms with Gasteiger partial charge in [0.05, 0.1) is 0 Å². The number of nitrogens with one attached hydrogen (secondary N) is 1. The van der Waals surface area contributed by atoms with Crippen LogP contribution in [0.2, 0.25) is 0 Å². The zero-order valence-electron chi connectivity index (χ0n) is 14.7. The molecule has 3 nitrogen and oxygen atoms in total. The Balaban J connectivity index is 1.86. The standard InChI is InChI=1S/C21H25NO2/c1-5-18(23)22-13-15-8-6-7-14(11-15)12-16-17-9-10-21(4,19(16)24)20(17,2)3/h5-8,11-12,17H,1,9-10,13H2,2-4H3,(H,22,23). The number of amides is 1. The first kappa shape index (κ1) is 16.7. The maximum atomic E-state index is 12.9. The van der Waals surface area contributed by atoms with Crippen molar-refractivity contribution in [3.8, 4) is 0 Å². The number of rotatable bonds is 4. The summed E-state index contributed by atoms with van der Waals surface area (Å²) in [7, 11) is 0. The van der Waals surface area contributed by atoms with Crippen LogP contribution in [0.5, 0.6) is 0 Å². The third-order valence-electron chi connectivity index (χ3n) is 6.29. The fourth-order valence-corrected chi connectivity index (χ4v) is 4.33. The molecule has 3 rings (SSSR count). The van der Waals surface area contributed by atoms with E-state index in [1.165, 1.54) is 6.08 Å². The topological polar surface area (TPSA) is 46.2 Å². The van der Waals surface area contributed by atoms with E-state index in [4.69, 9.17) is 0 Å². The van der Waals surface area contributed by atoms with Crippen molar-refractivity contribution in [2.45, 2.75) is 40.2 Å². The van der Waals surface area contributed by atoms with E-state index in [1.54, 1.807) is 0 Å². The summed E-state index contributed by atoms with van der Waals surface area (Å²) >= 11 is 0. The molecule has 2 aliphatic rings. The molecule has 0 heterocycles. The molecular formula is C21H25NO2. The molecule has 0 saturated heterocycles. The predicted molar refractivity (Wildman–Crippen MR) is 96.1 cm³/mol. The first-order valence-electron chi connectivity index (χ1n) is 8.55. The van der Waals surface area contributed by atoms with Gasteiger partial charge in [-0.3, -0.25) is 9.59 Å². The number of benzene rings is 1. The minimum Gasteiger partial charge on any atom is -0.348 e. The number of fused-ring (bicyclic) bond motifs is 2. The summed E-state index contributed by atoms with van der Waals surface area (Å²) < 4.78 is 0. The summed E-state index contributed by atoms with van der Waals surface area (Å²) in [5.41, 5.74) is 2.82. The van der Waals surface area contributed by atoms with Gasteiger partial charge in [-0.15, -0.1) is 0 Å². The van der Waals surface area contributed by atoms with Crippen molar-refractivity contribution in [3.63, 3.8) is 0 Å². The molecule has 1 aromatic carbocycles. The molecule has 0 aromatic heterocycles. The Labute approximate surface area is 143 Å². The average Bonchev–Trinajstić information content (AvgIpc) is 2.87.